The number of benzene rings is 1. The van der Waals surface area contributed by atoms with Crippen molar-refractivity contribution in [3.05, 3.63) is 53.7 Å². The summed E-state index contributed by atoms with van der Waals surface area (Å²) in [4.78, 5) is 34.1. The molecular weight excluding hydrogens is 382 g/mol. The third kappa shape index (κ3) is 4.58. The summed E-state index contributed by atoms with van der Waals surface area (Å²) in [7, 11) is 1.49. The van der Waals surface area contributed by atoms with Crippen molar-refractivity contribution in [2.24, 2.45) is 0 Å². The van der Waals surface area contributed by atoms with E-state index in [1.165, 1.54) is 19.4 Å². The molecule has 1 aromatic heterocycles. The van der Waals surface area contributed by atoms with Crippen molar-refractivity contribution in [2.75, 3.05) is 30.8 Å². The minimum Gasteiger partial charge on any atom is -0.480 e. The molecule has 9 heteroatoms. The average molecular weight is 402 g/mol. The lowest BCUT2D eigenvalue weighted by Crippen LogP contribution is -2.31. The Hall–Kier alpha value is -3.13. The smallest absolute Gasteiger partial charge is 0.253 e. The predicted octanol–water partition coefficient (Wildman–Crippen LogP) is 2.59. The van der Waals surface area contributed by atoms with Crippen LogP contribution in [0.2, 0.25) is 5.02 Å². The molecule has 1 aliphatic heterocycles. The Kier molecular flexibility index (Phi) is 6.10. The summed E-state index contributed by atoms with van der Waals surface area (Å²) < 4.78 is 5.09. The third-order valence-corrected chi connectivity index (χ3v) is 4.56. The summed E-state index contributed by atoms with van der Waals surface area (Å²) in [5.74, 6) is 0.339. The number of rotatable bonds is 6. The molecule has 0 aliphatic carbocycles. The second kappa shape index (κ2) is 8.71. The fourth-order valence-corrected chi connectivity index (χ4v) is 3.05. The van der Waals surface area contributed by atoms with Gasteiger partial charge in [0.05, 0.1) is 13.3 Å². The van der Waals surface area contributed by atoms with Crippen LogP contribution in [0.4, 0.5) is 11.6 Å². The van der Waals surface area contributed by atoms with Crippen molar-refractivity contribution in [3.8, 4) is 5.88 Å². The number of ether oxygens (including phenoxy) is 1. The zero-order valence-corrected chi connectivity index (χ0v) is 16.1. The molecule has 2 N–H and O–H groups in total. The largest absolute Gasteiger partial charge is 0.480 e. The maximum Gasteiger partial charge on any atom is 0.253 e. The third-order valence-electron chi connectivity index (χ3n) is 4.30. The van der Waals surface area contributed by atoms with E-state index in [1.807, 2.05) is 0 Å². The average Bonchev–Trinajstić information content (AvgIpc) is 3.17. The number of carbonyl (C=O) groups excluding carboxylic acids is 2. The lowest BCUT2D eigenvalue weighted by atomic mass is 10.2. The molecule has 2 aromatic rings. The van der Waals surface area contributed by atoms with Crippen LogP contribution in [-0.4, -0.2) is 52.9 Å². The van der Waals surface area contributed by atoms with Crippen LogP contribution in [0.25, 0.3) is 0 Å². The number of anilines is 2. The van der Waals surface area contributed by atoms with Gasteiger partial charge in [-0.1, -0.05) is 18.2 Å². The Morgan fingerprint density at radius 2 is 2.11 bits per heavy atom. The fraction of sp³-hybridized carbons (Fsp3) is 0.263. The van der Waals surface area contributed by atoms with E-state index in [9.17, 15) is 9.59 Å². The van der Waals surface area contributed by atoms with Crippen LogP contribution in [-0.2, 0) is 4.79 Å². The maximum absolute atomic E-state index is 12.7. The molecule has 0 bridgehead atoms. The fourth-order valence-electron chi connectivity index (χ4n) is 2.88. The van der Waals surface area contributed by atoms with Gasteiger partial charge in [-0.3, -0.25) is 9.59 Å². The van der Waals surface area contributed by atoms with Gasteiger partial charge >= 0.3 is 0 Å². The van der Waals surface area contributed by atoms with Gasteiger partial charge < -0.3 is 20.3 Å². The molecule has 1 fully saturated rings. The Morgan fingerprint density at radius 1 is 1.36 bits per heavy atom. The lowest BCUT2D eigenvalue weighted by molar-refractivity contribution is -0.111. The molecular formula is C19H20ClN5O3. The minimum atomic E-state index is -0.298. The number of nitrogens with one attached hydrogen (secondary N) is 2. The number of nitrogens with zero attached hydrogens (tertiary/aromatic N) is 3. The molecule has 0 saturated carbocycles. The van der Waals surface area contributed by atoms with E-state index in [2.05, 4.69) is 27.2 Å². The molecule has 1 unspecified atom stereocenters. The van der Waals surface area contributed by atoms with Crippen molar-refractivity contribution in [1.82, 2.24) is 14.9 Å². The molecule has 2 heterocycles. The molecule has 1 atom stereocenters. The molecule has 1 saturated heterocycles. The van der Waals surface area contributed by atoms with Crippen molar-refractivity contribution < 1.29 is 14.3 Å². The molecule has 1 aliphatic rings. The number of likely N-dealkylation sites (tertiary alicyclic amines) is 1. The molecule has 1 aromatic carbocycles. The number of methoxy groups -OCH3 is 1. The highest BCUT2D eigenvalue weighted by molar-refractivity contribution is 6.31. The first-order valence-corrected chi connectivity index (χ1v) is 9.03. The maximum atomic E-state index is 12.7. The Labute approximate surface area is 167 Å². The van der Waals surface area contributed by atoms with Gasteiger partial charge in [-0.2, -0.15) is 4.98 Å². The van der Waals surface area contributed by atoms with Crippen LogP contribution >= 0.6 is 11.6 Å². The first kappa shape index (κ1) is 19.6. The summed E-state index contributed by atoms with van der Waals surface area (Å²) in [5.41, 5.74) is 1.16. The zero-order valence-electron chi connectivity index (χ0n) is 15.3. The highest BCUT2D eigenvalue weighted by atomic mass is 35.5. The van der Waals surface area contributed by atoms with Crippen LogP contribution in [0.1, 0.15) is 16.8 Å². The van der Waals surface area contributed by atoms with E-state index in [4.69, 9.17) is 16.3 Å². The van der Waals surface area contributed by atoms with E-state index in [0.29, 0.717) is 41.2 Å². The quantitative estimate of drug-likeness (QED) is 0.722. The van der Waals surface area contributed by atoms with Gasteiger partial charge in [0.2, 0.25) is 17.7 Å². The van der Waals surface area contributed by atoms with Gasteiger partial charge in [0.25, 0.3) is 5.91 Å². The van der Waals surface area contributed by atoms with Crippen molar-refractivity contribution in [2.45, 2.75) is 12.5 Å². The van der Waals surface area contributed by atoms with Gasteiger partial charge in [0, 0.05) is 30.4 Å². The number of hydrogen-bond donors (Lipinski definition) is 2. The topological polar surface area (TPSA) is 96.5 Å². The second-order valence-electron chi connectivity index (χ2n) is 6.20. The summed E-state index contributed by atoms with van der Waals surface area (Å²) in [6.07, 6.45) is 3.43. The van der Waals surface area contributed by atoms with Crippen LogP contribution < -0.4 is 15.4 Å². The summed E-state index contributed by atoms with van der Waals surface area (Å²) in [6, 6.07) is 6.79. The second-order valence-corrected chi connectivity index (χ2v) is 6.61. The first-order chi connectivity index (χ1) is 13.5. The van der Waals surface area contributed by atoms with Gasteiger partial charge in [-0.15, -0.1) is 0 Å². The van der Waals surface area contributed by atoms with Gasteiger partial charge in [-0.05, 0) is 36.8 Å². The molecule has 146 valence electrons. The van der Waals surface area contributed by atoms with Crippen molar-refractivity contribution in [1.29, 1.82) is 0 Å². The van der Waals surface area contributed by atoms with E-state index in [1.54, 1.807) is 29.2 Å². The monoisotopic (exact) mass is 401 g/mol. The van der Waals surface area contributed by atoms with Crippen molar-refractivity contribution in [3.63, 3.8) is 0 Å². The highest BCUT2D eigenvalue weighted by Crippen LogP contribution is 2.23. The van der Waals surface area contributed by atoms with Crippen LogP contribution in [0.3, 0.4) is 0 Å². The number of carbonyl (C=O) groups is 2. The van der Waals surface area contributed by atoms with Crippen LogP contribution in [0.15, 0.2) is 43.1 Å². The standard InChI is InChI=1S/C19H20ClN5O3/c1-3-16(26)22-13-6-4-12(5-7-13)18(27)25-9-8-14(11-25)23-19-21-10-15(20)17(24-19)28-2/h3-7,10,14H,1,8-9,11H2,2H3,(H,22,26)(H,21,23,24). The Bertz CT molecular complexity index is 888. The van der Waals surface area contributed by atoms with Gasteiger partial charge in [-0.25, -0.2) is 4.98 Å². The molecule has 0 radical (unpaired) electrons. The first-order valence-electron chi connectivity index (χ1n) is 8.66. The zero-order chi connectivity index (χ0) is 20.1. The van der Waals surface area contributed by atoms with Crippen LogP contribution in [0, 0.1) is 0 Å². The molecule has 3 rings (SSSR count). The van der Waals surface area contributed by atoms with Crippen molar-refractivity contribution >= 4 is 35.1 Å². The van der Waals surface area contributed by atoms with Crippen LogP contribution in [0.5, 0.6) is 5.88 Å². The summed E-state index contributed by atoms with van der Waals surface area (Å²) >= 11 is 5.93. The highest BCUT2D eigenvalue weighted by Gasteiger charge is 2.27. The molecule has 0 spiro atoms. The normalized spacial score (nSPS) is 15.8. The number of aromatic nitrogens is 2. The summed E-state index contributed by atoms with van der Waals surface area (Å²) in [6.45, 7) is 4.56. The molecule has 8 nitrogen and oxygen atoms in total. The number of hydrogen-bond acceptors (Lipinski definition) is 6. The van der Waals surface area contributed by atoms with Gasteiger partial charge in [0.15, 0.2) is 0 Å². The van der Waals surface area contributed by atoms with E-state index in [0.717, 1.165) is 6.42 Å². The minimum absolute atomic E-state index is 0.0287. The predicted molar refractivity (Wildman–Crippen MR) is 107 cm³/mol. The molecule has 28 heavy (non-hydrogen) atoms. The Balaban J connectivity index is 1.59. The Morgan fingerprint density at radius 3 is 2.79 bits per heavy atom. The number of amides is 2. The van der Waals surface area contributed by atoms with Gasteiger partial charge in [0.1, 0.15) is 5.02 Å². The van der Waals surface area contributed by atoms with E-state index in [-0.39, 0.29) is 17.9 Å². The summed E-state index contributed by atoms with van der Waals surface area (Å²) in [5, 5.41) is 6.19. The SMILES string of the molecule is C=CC(=O)Nc1ccc(C(=O)N2CCC(Nc3ncc(Cl)c(OC)n3)C2)cc1. The van der Waals surface area contributed by atoms with E-state index >= 15 is 0 Å². The van der Waals surface area contributed by atoms with E-state index < -0.39 is 0 Å². The number of halogens is 1. The lowest BCUT2D eigenvalue weighted by Gasteiger charge is -2.17. The molecule has 2 amide bonds.